The van der Waals surface area contributed by atoms with Crippen LogP contribution in [0.2, 0.25) is 0 Å². The lowest BCUT2D eigenvalue weighted by Crippen LogP contribution is -1.79. The number of hydrogen-bond donors (Lipinski definition) is 0. The average molecular weight is 122 g/mol. The first-order valence-corrected chi connectivity index (χ1v) is 4.12. The van der Waals surface area contributed by atoms with Crippen molar-refractivity contribution in [1.82, 2.24) is 0 Å². The molecule has 0 aromatic heterocycles. The molecule has 0 aromatic rings. The van der Waals surface area contributed by atoms with Gasteiger partial charge in [0.15, 0.2) is 0 Å². The monoisotopic (exact) mass is 122 g/mol. The SMILES string of the molecule is CC(C)[P+](=O)[S-]. The maximum absolute atomic E-state index is 10.1. The standard InChI is InChI=1S/C3H7OPS/c1-3(2)5(4)6/h3H,1-2H3. The predicted molar refractivity (Wildman–Crippen MR) is 30.1 cm³/mol. The third-order valence-corrected chi connectivity index (χ3v) is 2.53. The van der Waals surface area contributed by atoms with Gasteiger partial charge in [-0.05, 0) is 13.8 Å². The molecule has 0 N–H and O–H groups in total. The van der Waals surface area contributed by atoms with Crippen molar-refractivity contribution in [2.45, 2.75) is 19.5 Å². The quantitative estimate of drug-likeness (QED) is 0.389. The highest BCUT2D eigenvalue weighted by Crippen LogP contribution is 2.22. The Bertz CT molecular complexity index is 61.8. The van der Waals surface area contributed by atoms with Gasteiger partial charge in [-0.3, -0.25) is 0 Å². The molecule has 6 heavy (non-hydrogen) atoms. The van der Waals surface area contributed by atoms with Gasteiger partial charge in [0.25, 0.3) is 0 Å². The van der Waals surface area contributed by atoms with E-state index in [1.807, 2.05) is 13.8 Å². The summed E-state index contributed by atoms with van der Waals surface area (Å²) in [6.45, 7) is 3.71. The maximum atomic E-state index is 10.1. The van der Waals surface area contributed by atoms with Gasteiger partial charge < -0.3 is 12.2 Å². The number of rotatable bonds is 1. The van der Waals surface area contributed by atoms with E-state index in [4.69, 9.17) is 0 Å². The molecular weight excluding hydrogens is 115 g/mol. The van der Waals surface area contributed by atoms with Gasteiger partial charge in [0.2, 0.25) is 7.00 Å². The van der Waals surface area contributed by atoms with Crippen molar-refractivity contribution in [3.8, 4) is 0 Å². The smallest absolute Gasteiger partial charge is 0.208 e. The molecule has 0 aliphatic carbocycles. The van der Waals surface area contributed by atoms with E-state index in [9.17, 15) is 4.57 Å². The summed E-state index contributed by atoms with van der Waals surface area (Å²) < 4.78 is 10.1. The third-order valence-electron chi connectivity index (χ3n) is 0.422. The molecule has 0 aliphatic heterocycles. The van der Waals surface area contributed by atoms with Crippen LogP contribution >= 0.6 is 7.00 Å². The van der Waals surface area contributed by atoms with Crippen LogP contribution < -0.4 is 0 Å². The van der Waals surface area contributed by atoms with E-state index in [1.165, 1.54) is 0 Å². The van der Waals surface area contributed by atoms with Crippen molar-refractivity contribution in [2.24, 2.45) is 0 Å². The highest BCUT2D eigenvalue weighted by molar-refractivity contribution is 8.28. The van der Waals surface area contributed by atoms with Crippen molar-refractivity contribution >= 4 is 19.3 Å². The molecule has 0 rings (SSSR count). The lowest BCUT2D eigenvalue weighted by atomic mass is 10.6. The molecule has 1 atom stereocenters. The van der Waals surface area contributed by atoms with E-state index >= 15 is 0 Å². The van der Waals surface area contributed by atoms with Gasteiger partial charge in [-0.15, -0.1) is 4.57 Å². The van der Waals surface area contributed by atoms with Crippen LogP contribution in [0.5, 0.6) is 0 Å². The van der Waals surface area contributed by atoms with Gasteiger partial charge in [-0.1, -0.05) is 0 Å². The van der Waals surface area contributed by atoms with Gasteiger partial charge in [-0.25, -0.2) is 0 Å². The summed E-state index contributed by atoms with van der Waals surface area (Å²) >= 11 is 4.41. The van der Waals surface area contributed by atoms with E-state index in [1.54, 1.807) is 0 Å². The number of hydrogen-bond acceptors (Lipinski definition) is 2. The second kappa shape index (κ2) is 2.59. The molecule has 0 saturated heterocycles. The van der Waals surface area contributed by atoms with E-state index in [2.05, 4.69) is 12.2 Å². The molecule has 0 aromatic carbocycles. The first-order chi connectivity index (χ1) is 2.64. The zero-order valence-corrected chi connectivity index (χ0v) is 5.55. The van der Waals surface area contributed by atoms with Crippen molar-refractivity contribution in [2.75, 3.05) is 0 Å². The Balaban J connectivity index is 3.26. The van der Waals surface area contributed by atoms with Gasteiger partial charge in [0, 0.05) is 0 Å². The summed E-state index contributed by atoms with van der Waals surface area (Å²) in [5, 5.41) is 0. The van der Waals surface area contributed by atoms with Crippen molar-refractivity contribution < 1.29 is 4.57 Å². The second-order valence-corrected chi connectivity index (χ2v) is 4.06. The molecular formula is C3H7OPS. The molecule has 0 saturated carbocycles. The fourth-order valence-corrected chi connectivity index (χ4v) is 0. The third kappa shape index (κ3) is 2.67. The molecule has 36 valence electrons. The summed E-state index contributed by atoms with van der Waals surface area (Å²) in [5.41, 5.74) is 0.176. The highest BCUT2D eigenvalue weighted by atomic mass is 32.7. The van der Waals surface area contributed by atoms with Crippen LogP contribution in [0.25, 0.3) is 0 Å². The zero-order valence-electron chi connectivity index (χ0n) is 3.84. The van der Waals surface area contributed by atoms with Crippen molar-refractivity contribution in [1.29, 1.82) is 0 Å². The van der Waals surface area contributed by atoms with Crippen LogP contribution in [0.4, 0.5) is 0 Å². The maximum Gasteiger partial charge on any atom is 0.208 e. The Morgan fingerprint density at radius 2 is 1.83 bits per heavy atom. The van der Waals surface area contributed by atoms with E-state index in [0.717, 1.165) is 0 Å². The average Bonchev–Trinajstić information content (AvgIpc) is 1.36. The van der Waals surface area contributed by atoms with Crippen LogP contribution in [0, 0.1) is 0 Å². The Labute approximate surface area is 44.1 Å². The van der Waals surface area contributed by atoms with Crippen LogP contribution in [-0.4, -0.2) is 5.66 Å². The Hall–Kier alpha value is 0.450. The topological polar surface area (TPSA) is 17.1 Å². The van der Waals surface area contributed by atoms with Gasteiger partial charge in [0.05, 0.1) is 0 Å². The summed E-state index contributed by atoms with van der Waals surface area (Å²) in [7, 11) is -1.33. The highest BCUT2D eigenvalue weighted by Gasteiger charge is 2.00. The minimum atomic E-state index is -1.33. The first-order valence-electron chi connectivity index (χ1n) is 1.78. The molecule has 0 heterocycles. The van der Waals surface area contributed by atoms with Crippen LogP contribution in [-0.2, 0) is 16.8 Å². The Morgan fingerprint density at radius 1 is 1.67 bits per heavy atom. The van der Waals surface area contributed by atoms with Gasteiger partial charge >= 0.3 is 0 Å². The van der Waals surface area contributed by atoms with Crippen LogP contribution in [0.15, 0.2) is 0 Å². The fourth-order valence-electron chi connectivity index (χ4n) is 0. The molecule has 0 radical (unpaired) electrons. The van der Waals surface area contributed by atoms with Crippen molar-refractivity contribution in [3.05, 3.63) is 0 Å². The Morgan fingerprint density at radius 3 is 1.83 bits per heavy atom. The first kappa shape index (κ1) is 6.45. The minimum absolute atomic E-state index is 0.176. The molecule has 0 spiro atoms. The lowest BCUT2D eigenvalue weighted by molar-refractivity contribution is 0.592. The summed E-state index contributed by atoms with van der Waals surface area (Å²) in [5.74, 6) is 0. The summed E-state index contributed by atoms with van der Waals surface area (Å²) in [4.78, 5) is 0. The lowest BCUT2D eigenvalue weighted by Gasteiger charge is -1.87. The van der Waals surface area contributed by atoms with Gasteiger partial charge in [0.1, 0.15) is 5.66 Å². The van der Waals surface area contributed by atoms with E-state index in [0.29, 0.717) is 0 Å². The fraction of sp³-hybridized carbons (Fsp3) is 1.00. The zero-order chi connectivity index (χ0) is 5.15. The predicted octanol–water partition coefficient (Wildman–Crippen LogP) is 1.68. The van der Waals surface area contributed by atoms with Gasteiger partial charge in [-0.2, -0.15) is 0 Å². The summed E-state index contributed by atoms with van der Waals surface area (Å²) in [6.07, 6.45) is 0. The Kier molecular flexibility index (Phi) is 2.79. The molecule has 1 unspecified atom stereocenters. The van der Waals surface area contributed by atoms with E-state index < -0.39 is 7.00 Å². The largest absolute Gasteiger partial charge is 0.446 e. The molecule has 0 amide bonds. The summed E-state index contributed by atoms with van der Waals surface area (Å²) in [6, 6.07) is 0. The van der Waals surface area contributed by atoms with Crippen molar-refractivity contribution in [3.63, 3.8) is 0 Å². The molecule has 3 heteroatoms. The van der Waals surface area contributed by atoms with E-state index in [-0.39, 0.29) is 5.66 Å². The normalized spacial score (nSPS) is 12.3. The van der Waals surface area contributed by atoms with Crippen LogP contribution in [0.3, 0.4) is 0 Å². The molecule has 0 aliphatic rings. The second-order valence-electron chi connectivity index (χ2n) is 1.38. The molecule has 0 bridgehead atoms. The molecule has 1 nitrogen and oxygen atoms in total. The molecule has 0 fully saturated rings. The minimum Gasteiger partial charge on any atom is -0.446 e. The van der Waals surface area contributed by atoms with Crippen LogP contribution in [0.1, 0.15) is 13.8 Å².